The summed E-state index contributed by atoms with van der Waals surface area (Å²) in [5.74, 6) is -1.07. The molecule has 0 aromatic heterocycles. The third kappa shape index (κ3) is 5.83. The molecule has 4 unspecified atom stereocenters. The van der Waals surface area contributed by atoms with Crippen LogP contribution < -0.4 is 0 Å². The molecule has 0 bridgehead atoms. The van der Waals surface area contributed by atoms with Crippen molar-refractivity contribution in [1.82, 2.24) is 0 Å². The fraction of sp³-hybridized carbons (Fsp3) is 0.889. The minimum absolute atomic E-state index is 0.0128. The number of rotatable bonds is 12. The van der Waals surface area contributed by atoms with Gasteiger partial charge in [0.15, 0.2) is 0 Å². The van der Waals surface area contributed by atoms with E-state index >= 15 is 0 Å². The zero-order valence-electron chi connectivity index (χ0n) is 15.3. The summed E-state index contributed by atoms with van der Waals surface area (Å²) in [6, 6.07) is 0. The van der Waals surface area contributed by atoms with Crippen LogP contribution in [0.3, 0.4) is 0 Å². The van der Waals surface area contributed by atoms with Gasteiger partial charge >= 0.3 is 11.9 Å². The van der Waals surface area contributed by atoms with Gasteiger partial charge in [-0.05, 0) is 38.0 Å². The normalized spacial score (nSPS) is 23.6. The standard InChI is InChI=1S/C18H32O6/c1-5-13(6-2)10-15-14(17(19)23-18(15)20)9-8-12(4)16(24-21)11-22-7-3/h12-16,21H,5-11H2,1-4H3. The highest BCUT2D eigenvalue weighted by Gasteiger charge is 2.44. The van der Waals surface area contributed by atoms with E-state index in [4.69, 9.17) is 14.7 Å². The van der Waals surface area contributed by atoms with E-state index in [0.717, 1.165) is 12.8 Å². The molecule has 0 aromatic carbocycles. The van der Waals surface area contributed by atoms with Crippen LogP contribution in [0.5, 0.6) is 0 Å². The summed E-state index contributed by atoms with van der Waals surface area (Å²) in [4.78, 5) is 28.5. The van der Waals surface area contributed by atoms with Crippen LogP contribution in [0.1, 0.15) is 59.8 Å². The maximum Gasteiger partial charge on any atom is 0.317 e. The van der Waals surface area contributed by atoms with Gasteiger partial charge in [-0.2, -0.15) is 0 Å². The summed E-state index contributed by atoms with van der Waals surface area (Å²) in [5, 5.41) is 9.02. The molecular formula is C18H32O6. The molecule has 6 nitrogen and oxygen atoms in total. The molecule has 24 heavy (non-hydrogen) atoms. The van der Waals surface area contributed by atoms with Gasteiger partial charge in [0.1, 0.15) is 6.10 Å². The number of hydrogen-bond acceptors (Lipinski definition) is 6. The molecule has 1 fully saturated rings. The Morgan fingerprint density at radius 3 is 2.29 bits per heavy atom. The van der Waals surface area contributed by atoms with Gasteiger partial charge in [0, 0.05) is 6.61 Å². The van der Waals surface area contributed by atoms with Gasteiger partial charge in [-0.25, -0.2) is 4.89 Å². The van der Waals surface area contributed by atoms with Crippen LogP contribution in [0.15, 0.2) is 0 Å². The average molecular weight is 344 g/mol. The lowest BCUT2D eigenvalue weighted by Crippen LogP contribution is -2.28. The van der Waals surface area contributed by atoms with Crippen molar-refractivity contribution in [3.05, 3.63) is 0 Å². The van der Waals surface area contributed by atoms with Crippen LogP contribution in [0.2, 0.25) is 0 Å². The van der Waals surface area contributed by atoms with E-state index in [-0.39, 0.29) is 23.7 Å². The molecule has 1 rings (SSSR count). The Morgan fingerprint density at radius 1 is 1.12 bits per heavy atom. The lowest BCUT2D eigenvalue weighted by Gasteiger charge is -2.23. The third-order valence-corrected chi connectivity index (χ3v) is 5.22. The molecule has 0 spiro atoms. The summed E-state index contributed by atoms with van der Waals surface area (Å²) in [7, 11) is 0. The highest BCUT2D eigenvalue weighted by atomic mass is 17.1. The van der Waals surface area contributed by atoms with Gasteiger partial charge in [0.05, 0.1) is 18.4 Å². The predicted octanol–water partition coefficient (Wildman–Crippen LogP) is 3.44. The van der Waals surface area contributed by atoms with E-state index in [1.165, 1.54) is 0 Å². The van der Waals surface area contributed by atoms with Crippen molar-refractivity contribution >= 4 is 11.9 Å². The Balaban J connectivity index is 2.61. The number of cyclic esters (lactones) is 2. The number of esters is 2. The Hall–Kier alpha value is -0.980. The summed E-state index contributed by atoms with van der Waals surface area (Å²) < 4.78 is 10.2. The van der Waals surface area contributed by atoms with Crippen LogP contribution in [-0.2, 0) is 24.0 Å². The molecule has 1 heterocycles. The summed E-state index contributed by atoms with van der Waals surface area (Å²) in [6.07, 6.45) is 3.47. The number of hydrogen-bond donors (Lipinski definition) is 1. The van der Waals surface area contributed by atoms with Crippen molar-refractivity contribution in [3.63, 3.8) is 0 Å². The monoisotopic (exact) mass is 344 g/mol. The molecule has 0 saturated carbocycles. The van der Waals surface area contributed by atoms with Gasteiger partial charge in [0.2, 0.25) is 0 Å². The lowest BCUT2D eigenvalue weighted by atomic mass is 9.80. The maximum atomic E-state index is 12.0. The van der Waals surface area contributed by atoms with Crippen LogP contribution in [0, 0.1) is 23.7 Å². The van der Waals surface area contributed by atoms with Gasteiger partial charge < -0.3 is 9.47 Å². The molecule has 0 aliphatic carbocycles. The number of carbonyl (C=O) groups excluding carboxylic acids is 2. The van der Waals surface area contributed by atoms with E-state index in [9.17, 15) is 9.59 Å². The van der Waals surface area contributed by atoms with Crippen LogP contribution in [0.4, 0.5) is 0 Å². The second kappa shape index (κ2) is 10.8. The van der Waals surface area contributed by atoms with E-state index in [1.54, 1.807) is 0 Å². The molecule has 0 aromatic rings. The molecule has 1 aliphatic heterocycles. The highest BCUT2D eigenvalue weighted by Crippen LogP contribution is 2.35. The van der Waals surface area contributed by atoms with E-state index in [2.05, 4.69) is 18.7 Å². The summed E-state index contributed by atoms with van der Waals surface area (Å²) in [6.45, 7) is 8.88. The molecule has 1 aliphatic rings. The van der Waals surface area contributed by atoms with Crippen molar-refractivity contribution in [2.24, 2.45) is 23.7 Å². The van der Waals surface area contributed by atoms with Crippen molar-refractivity contribution in [2.75, 3.05) is 13.2 Å². The van der Waals surface area contributed by atoms with Crippen molar-refractivity contribution in [2.45, 2.75) is 65.9 Å². The maximum absolute atomic E-state index is 12.0. The predicted molar refractivity (Wildman–Crippen MR) is 89.2 cm³/mol. The zero-order chi connectivity index (χ0) is 18.1. The first-order chi connectivity index (χ1) is 11.5. The number of carbonyl (C=O) groups is 2. The molecule has 1 saturated heterocycles. The third-order valence-electron chi connectivity index (χ3n) is 5.22. The van der Waals surface area contributed by atoms with Crippen molar-refractivity contribution in [1.29, 1.82) is 0 Å². The first kappa shape index (κ1) is 21.1. The van der Waals surface area contributed by atoms with Crippen LogP contribution in [0.25, 0.3) is 0 Å². The van der Waals surface area contributed by atoms with Gasteiger partial charge in [-0.15, -0.1) is 0 Å². The van der Waals surface area contributed by atoms with Crippen molar-refractivity contribution < 1.29 is 29.2 Å². The zero-order valence-corrected chi connectivity index (χ0v) is 15.3. The quantitative estimate of drug-likeness (QED) is 0.253. The lowest BCUT2D eigenvalue weighted by molar-refractivity contribution is -0.298. The van der Waals surface area contributed by atoms with Gasteiger partial charge in [-0.1, -0.05) is 33.6 Å². The largest absolute Gasteiger partial charge is 0.393 e. The second-order valence-corrected chi connectivity index (χ2v) is 6.73. The average Bonchev–Trinajstić information content (AvgIpc) is 2.84. The van der Waals surface area contributed by atoms with Gasteiger partial charge in [0.25, 0.3) is 0 Å². The molecule has 0 radical (unpaired) electrons. The Labute approximate surface area is 144 Å². The first-order valence-electron chi connectivity index (χ1n) is 9.11. The molecular weight excluding hydrogens is 312 g/mol. The minimum atomic E-state index is -0.435. The molecule has 6 heteroatoms. The van der Waals surface area contributed by atoms with E-state index in [1.807, 2.05) is 13.8 Å². The highest BCUT2D eigenvalue weighted by molar-refractivity contribution is 5.96. The first-order valence-corrected chi connectivity index (χ1v) is 9.11. The Morgan fingerprint density at radius 2 is 1.75 bits per heavy atom. The molecule has 1 N–H and O–H groups in total. The summed E-state index contributed by atoms with van der Waals surface area (Å²) in [5.41, 5.74) is 0. The fourth-order valence-electron chi connectivity index (χ4n) is 3.30. The molecule has 0 amide bonds. The number of ether oxygens (including phenoxy) is 2. The Kier molecular flexibility index (Phi) is 9.48. The van der Waals surface area contributed by atoms with E-state index in [0.29, 0.717) is 38.4 Å². The summed E-state index contributed by atoms with van der Waals surface area (Å²) >= 11 is 0. The van der Waals surface area contributed by atoms with Crippen LogP contribution >= 0.6 is 0 Å². The van der Waals surface area contributed by atoms with E-state index < -0.39 is 12.1 Å². The van der Waals surface area contributed by atoms with Crippen molar-refractivity contribution in [3.8, 4) is 0 Å². The Bertz CT molecular complexity index is 393. The molecule has 4 atom stereocenters. The topological polar surface area (TPSA) is 82.1 Å². The SMILES string of the molecule is CCOCC(OO)C(C)CCC1C(=O)OC(=O)C1CC(CC)CC. The molecule has 140 valence electrons. The fourth-order valence-corrected chi connectivity index (χ4v) is 3.30. The van der Waals surface area contributed by atoms with Crippen LogP contribution in [-0.4, -0.2) is 36.5 Å². The van der Waals surface area contributed by atoms with Gasteiger partial charge in [-0.3, -0.25) is 14.8 Å². The smallest absolute Gasteiger partial charge is 0.317 e. The second-order valence-electron chi connectivity index (χ2n) is 6.73. The minimum Gasteiger partial charge on any atom is -0.393 e.